The Labute approximate surface area is 130 Å². The van der Waals surface area contributed by atoms with E-state index in [1.807, 2.05) is 19.9 Å². The van der Waals surface area contributed by atoms with Gasteiger partial charge in [-0.3, -0.25) is 0 Å². The minimum atomic E-state index is 0.0702. The van der Waals surface area contributed by atoms with Gasteiger partial charge < -0.3 is 19.2 Å². The van der Waals surface area contributed by atoms with Gasteiger partial charge in [-0.25, -0.2) is 0 Å². The topological polar surface area (TPSA) is 43.6 Å². The zero-order chi connectivity index (χ0) is 15.6. The van der Waals surface area contributed by atoms with Crippen molar-refractivity contribution in [3.63, 3.8) is 0 Å². The summed E-state index contributed by atoms with van der Waals surface area (Å²) >= 11 is 6.18. The van der Waals surface area contributed by atoms with Crippen molar-refractivity contribution in [3.05, 3.63) is 40.3 Å². The SMILES string of the molecule is COc1cc(OC)c(NC(C)c2cc(C)oc2C)cc1Cl. The summed E-state index contributed by atoms with van der Waals surface area (Å²) in [6.07, 6.45) is 0. The molecule has 4 nitrogen and oxygen atoms in total. The van der Waals surface area contributed by atoms with Crippen LogP contribution in [0.25, 0.3) is 0 Å². The van der Waals surface area contributed by atoms with Gasteiger partial charge in [-0.2, -0.15) is 0 Å². The number of hydrogen-bond donors (Lipinski definition) is 1. The molecule has 1 N–H and O–H groups in total. The van der Waals surface area contributed by atoms with Crippen LogP contribution in [0.5, 0.6) is 11.5 Å². The lowest BCUT2D eigenvalue weighted by molar-refractivity contribution is 0.395. The van der Waals surface area contributed by atoms with Crippen LogP contribution in [0, 0.1) is 13.8 Å². The summed E-state index contributed by atoms with van der Waals surface area (Å²) < 4.78 is 16.2. The Hall–Kier alpha value is -1.81. The van der Waals surface area contributed by atoms with Crippen LogP contribution in [0.2, 0.25) is 5.02 Å². The highest BCUT2D eigenvalue weighted by molar-refractivity contribution is 6.32. The molecular weight excluding hydrogens is 290 g/mol. The molecule has 0 saturated heterocycles. The molecule has 0 fully saturated rings. The van der Waals surface area contributed by atoms with E-state index in [0.717, 1.165) is 22.8 Å². The number of aryl methyl sites for hydroxylation is 2. The number of rotatable bonds is 5. The van der Waals surface area contributed by atoms with Crippen molar-refractivity contribution >= 4 is 17.3 Å². The third-order valence-electron chi connectivity index (χ3n) is 3.39. The third-order valence-corrected chi connectivity index (χ3v) is 3.69. The van der Waals surface area contributed by atoms with Crippen molar-refractivity contribution in [2.45, 2.75) is 26.8 Å². The monoisotopic (exact) mass is 309 g/mol. The van der Waals surface area contributed by atoms with Gasteiger partial charge in [0.1, 0.15) is 23.0 Å². The maximum Gasteiger partial charge on any atom is 0.145 e. The first kappa shape index (κ1) is 15.6. The summed E-state index contributed by atoms with van der Waals surface area (Å²) in [6, 6.07) is 5.67. The van der Waals surface area contributed by atoms with Gasteiger partial charge in [-0.15, -0.1) is 0 Å². The number of anilines is 1. The molecule has 2 aromatic rings. The van der Waals surface area contributed by atoms with Gasteiger partial charge in [-0.1, -0.05) is 11.6 Å². The molecule has 1 aromatic carbocycles. The van der Waals surface area contributed by atoms with E-state index in [9.17, 15) is 0 Å². The van der Waals surface area contributed by atoms with Crippen molar-refractivity contribution in [2.75, 3.05) is 19.5 Å². The highest BCUT2D eigenvalue weighted by Crippen LogP contribution is 2.37. The molecule has 114 valence electrons. The lowest BCUT2D eigenvalue weighted by Crippen LogP contribution is -2.08. The van der Waals surface area contributed by atoms with Crippen LogP contribution < -0.4 is 14.8 Å². The molecular formula is C16H20ClNO3. The van der Waals surface area contributed by atoms with Crippen LogP contribution in [-0.2, 0) is 0 Å². The maximum absolute atomic E-state index is 6.18. The zero-order valence-electron chi connectivity index (χ0n) is 12.9. The average molecular weight is 310 g/mol. The zero-order valence-corrected chi connectivity index (χ0v) is 13.7. The Bertz CT molecular complexity index is 637. The molecule has 5 heteroatoms. The van der Waals surface area contributed by atoms with E-state index in [2.05, 4.69) is 12.2 Å². The number of halogens is 1. The summed E-state index contributed by atoms with van der Waals surface area (Å²) in [4.78, 5) is 0. The Morgan fingerprint density at radius 2 is 1.76 bits per heavy atom. The normalized spacial score (nSPS) is 12.1. The van der Waals surface area contributed by atoms with E-state index in [0.29, 0.717) is 16.5 Å². The van der Waals surface area contributed by atoms with Crippen molar-refractivity contribution in [3.8, 4) is 11.5 Å². The van der Waals surface area contributed by atoms with E-state index >= 15 is 0 Å². The number of benzene rings is 1. The first-order valence-electron chi connectivity index (χ1n) is 6.71. The average Bonchev–Trinajstić information content (AvgIpc) is 2.78. The predicted octanol–water partition coefficient (Wildman–Crippen LogP) is 4.74. The van der Waals surface area contributed by atoms with Gasteiger partial charge in [0.2, 0.25) is 0 Å². The van der Waals surface area contributed by atoms with E-state index in [-0.39, 0.29) is 6.04 Å². The summed E-state index contributed by atoms with van der Waals surface area (Å²) in [5.74, 6) is 3.07. The number of hydrogen-bond acceptors (Lipinski definition) is 4. The maximum atomic E-state index is 6.18. The van der Waals surface area contributed by atoms with Crippen LogP contribution in [0.4, 0.5) is 5.69 Å². The molecule has 1 atom stereocenters. The van der Waals surface area contributed by atoms with E-state index in [4.69, 9.17) is 25.5 Å². The Balaban J connectivity index is 2.30. The molecule has 21 heavy (non-hydrogen) atoms. The van der Waals surface area contributed by atoms with Gasteiger partial charge in [0.25, 0.3) is 0 Å². The van der Waals surface area contributed by atoms with E-state index in [1.165, 1.54) is 0 Å². The second kappa shape index (κ2) is 6.31. The number of nitrogens with one attached hydrogen (secondary N) is 1. The third kappa shape index (κ3) is 3.27. The van der Waals surface area contributed by atoms with E-state index < -0.39 is 0 Å². The minimum Gasteiger partial charge on any atom is -0.495 e. The molecule has 0 amide bonds. The molecule has 0 saturated carbocycles. The molecule has 0 aliphatic heterocycles. The van der Waals surface area contributed by atoms with Crippen LogP contribution in [0.1, 0.15) is 30.0 Å². The number of ether oxygens (including phenoxy) is 2. The minimum absolute atomic E-state index is 0.0702. The number of furan rings is 1. The van der Waals surface area contributed by atoms with Crippen molar-refractivity contribution < 1.29 is 13.9 Å². The first-order chi connectivity index (χ1) is 9.96. The summed E-state index contributed by atoms with van der Waals surface area (Å²) in [6.45, 7) is 5.96. The fourth-order valence-corrected chi connectivity index (χ4v) is 2.61. The Morgan fingerprint density at radius 1 is 1.10 bits per heavy atom. The molecule has 0 aliphatic rings. The lowest BCUT2D eigenvalue weighted by atomic mass is 10.1. The highest BCUT2D eigenvalue weighted by atomic mass is 35.5. The Kier molecular flexibility index (Phi) is 4.68. The molecule has 0 bridgehead atoms. The molecule has 0 spiro atoms. The first-order valence-corrected chi connectivity index (χ1v) is 7.09. The van der Waals surface area contributed by atoms with Crippen LogP contribution in [0.3, 0.4) is 0 Å². The second-order valence-electron chi connectivity index (χ2n) is 4.92. The van der Waals surface area contributed by atoms with Gasteiger partial charge in [0.15, 0.2) is 0 Å². The van der Waals surface area contributed by atoms with Gasteiger partial charge in [-0.05, 0) is 32.9 Å². The van der Waals surface area contributed by atoms with Crippen molar-refractivity contribution in [2.24, 2.45) is 0 Å². The van der Waals surface area contributed by atoms with Gasteiger partial charge >= 0.3 is 0 Å². The van der Waals surface area contributed by atoms with Crippen LogP contribution in [0.15, 0.2) is 22.6 Å². The molecule has 1 unspecified atom stereocenters. The second-order valence-corrected chi connectivity index (χ2v) is 5.33. The highest BCUT2D eigenvalue weighted by Gasteiger charge is 2.16. The molecule has 2 rings (SSSR count). The van der Waals surface area contributed by atoms with Gasteiger partial charge in [0, 0.05) is 11.6 Å². The van der Waals surface area contributed by atoms with Crippen molar-refractivity contribution in [1.82, 2.24) is 0 Å². The lowest BCUT2D eigenvalue weighted by Gasteiger charge is -2.18. The van der Waals surface area contributed by atoms with Crippen LogP contribution in [-0.4, -0.2) is 14.2 Å². The molecule has 0 aliphatic carbocycles. The number of methoxy groups -OCH3 is 2. The molecule has 1 heterocycles. The Morgan fingerprint density at radius 3 is 2.29 bits per heavy atom. The fraction of sp³-hybridized carbons (Fsp3) is 0.375. The molecule has 0 radical (unpaired) electrons. The van der Waals surface area contributed by atoms with E-state index in [1.54, 1.807) is 26.4 Å². The smallest absolute Gasteiger partial charge is 0.145 e. The quantitative estimate of drug-likeness (QED) is 0.866. The standard InChI is InChI=1S/C16H20ClNO3/c1-9-6-12(11(3)21-9)10(2)18-14-7-13(17)15(19-4)8-16(14)20-5/h6-8,10,18H,1-5H3. The summed E-state index contributed by atoms with van der Waals surface area (Å²) in [5, 5.41) is 3.93. The summed E-state index contributed by atoms with van der Waals surface area (Å²) in [7, 11) is 3.19. The van der Waals surface area contributed by atoms with Crippen LogP contribution >= 0.6 is 11.6 Å². The predicted molar refractivity (Wildman–Crippen MR) is 84.8 cm³/mol. The van der Waals surface area contributed by atoms with Gasteiger partial charge in [0.05, 0.1) is 31.0 Å². The van der Waals surface area contributed by atoms with Crippen molar-refractivity contribution in [1.29, 1.82) is 0 Å². The fourth-order valence-electron chi connectivity index (χ4n) is 2.36. The largest absolute Gasteiger partial charge is 0.495 e. The summed E-state index contributed by atoms with van der Waals surface area (Å²) in [5.41, 5.74) is 1.93. The molecule has 1 aromatic heterocycles.